The lowest BCUT2D eigenvalue weighted by atomic mass is 10.2. The molecule has 4 heteroatoms. The summed E-state index contributed by atoms with van der Waals surface area (Å²) in [4.78, 5) is 21.7. The van der Waals surface area contributed by atoms with Crippen LogP contribution in [0, 0.1) is 0 Å². The highest BCUT2D eigenvalue weighted by Crippen LogP contribution is 2.00. The molecule has 3 nitrogen and oxygen atoms in total. The predicted molar refractivity (Wildman–Crippen MR) is 65.0 cm³/mol. The molecule has 0 heterocycles. The van der Waals surface area contributed by atoms with Gasteiger partial charge in [0.2, 0.25) is 5.91 Å². The molecule has 0 aromatic heterocycles. The van der Waals surface area contributed by atoms with Gasteiger partial charge in [-0.1, -0.05) is 26.2 Å². The van der Waals surface area contributed by atoms with E-state index < -0.39 is 0 Å². The smallest absolute Gasteiger partial charge is 0.220 e. The molecule has 0 aliphatic rings. The van der Waals surface area contributed by atoms with E-state index in [-0.39, 0.29) is 11.0 Å². The van der Waals surface area contributed by atoms with Crippen molar-refractivity contribution < 1.29 is 9.59 Å². The van der Waals surface area contributed by atoms with Crippen molar-refractivity contribution in [1.29, 1.82) is 0 Å². The zero-order valence-electron chi connectivity index (χ0n) is 9.42. The Labute approximate surface area is 97.4 Å². The minimum Gasteiger partial charge on any atom is -0.356 e. The molecule has 1 N–H and O–H groups in total. The fraction of sp³-hybridized carbons (Fsp3) is 0.818. The van der Waals surface area contributed by atoms with E-state index in [1.54, 1.807) is 0 Å². The van der Waals surface area contributed by atoms with Gasteiger partial charge in [-0.3, -0.25) is 9.59 Å². The van der Waals surface area contributed by atoms with Gasteiger partial charge in [0.05, 0.1) is 0 Å². The van der Waals surface area contributed by atoms with E-state index in [0.29, 0.717) is 19.3 Å². The molecule has 0 aromatic carbocycles. The van der Waals surface area contributed by atoms with Crippen molar-refractivity contribution in [3.8, 4) is 0 Å². The highest BCUT2D eigenvalue weighted by molar-refractivity contribution is 7.96. The van der Waals surface area contributed by atoms with Crippen LogP contribution in [0.4, 0.5) is 0 Å². The number of rotatable bonds is 9. The minimum absolute atomic E-state index is 0.0427. The van der Waals surface area contributed by atoms with Crippen molar-refractivity contribution in [3.05, 3.63) is 0 Å². The molecule has 0 aliphatic carbocycles. The first-order valence-corrected chi connectivity index (χ1v) is 6.10. The van der Waals surface area contributed by atoms with Gasteiger partial charge in [0, 0.05) is 19.4 Å². The van der Waals surface area contributed by atoms with Gasteiger partial charge in [0.1, 0.15) is 0 Å². The summed E-state index contributed by atoms with van der Waals surface area (Å²) in [7, 11) is 0. The molecule has 0 radical (unpaired) electrons. The zero-order valence-corrected chi connectivity index (χ0v) is 10.3. The standard InChI is InChI=1S/C11H21NO2S/c1-2-3-4-5-9-12-10(13)7-6-8-11(14)15/h2-9H2,1H3,(H,12,13)(H,14,15). The number of amides is 1. The van der Waals surface area contributed by atoms with E-state index in [1.807, 2.05) is 0 Å². The van der Waals surface area contributed by atoms with E-state index in [2.05, 4.69) is 24.9 Å². The van der Waals surface area contributed by atoms with Crippen molar-refractivity contribution >= 4 is 23.7 Å². The minimum atomic E-state index is -0.147. The lowest BCUT2D eigenvalue weighted by Gasteiger charge is -2.03. The molecule has 1 amide bonds. The number of hydrogen-bond acceptors (Lipinski definition) is 2. The van der Waals surface area contributed by atoms with Gasteiger partial charge < -0.3 is 5.32 Å². The van der Waals surface area contributed by atoms with Crippen LogP contribution in [0.5, 0.6) is 0 Å². The van der Waals surface area contributed by atoms with Crippen LogP contribution in [-0.4, -0.2) is 17.6 Å². The van der Waals surface area contributed by atoms with Crippen LogP contribution in [0.2, 0.25) is 0 Å². The maximum atomic E-state index is 11.2. The summed E-state index contributed by atoms with van der Waals surface area (Å²) in [6, 6.07) is 0. The number of hydrogen-bond donors (Lipinski definition) is 2. The summed E-state index contributed by atoms with van der Waals surface area (Å²) in [5.74, 6) is 0.0427. The molecule has 0 aliphatic heterocycles. The lowest BCUT2D eigenvalue weighted by Crippen LogP contribution is -2.24. The molecule has 0 atom stereocenters. The second kappa shape index (κ2) is 10.0. The van der Waals surface area contributed by atoms with E-state index in [1.165, 1.54) is 19.3 Å². The van der Waals surface area contributed by atoms with Crippen LogP contribution >= 0.6 is 12.6 Å². The van der Waals surface area contributed by atoms with Gasteiger partial charge in [-0.15, -0.1) is 12.6 Å². The van der Waals surface area contributed by atoms with Gasteiger partial charge in [-0.2, -0.15) is 0 Å². The molecule has 0 fully saturated rings. The Bertz CT molecular complexity index is 195. The van der Waals surface area contributed by atoms with Crippen molar-refractivity contribution in [1.82, 2.24) is 5.32 Å². The fourth-order valence-corrected chi connectivity index (χ4v) is 1.43. The van der Waals surface area contributed by atoms with Crippen molar-refractivity contribution in [2.45, 2.75) is 51.9 Å². The summed E-state index contributed by atoms with van der Waals surface area (Å²) >= 11 is 3.64. The molecule has 0 rings (SSSR count). The number of carbonyl (C=O) groups is 2. The average Bonchev–Trinajstić information content (AvgIpc) is 2.17. The van der Waals surface area contributed by atoms with Gasteiger partial charge in [0.25, 0.3) is 0 Å². The Kier molecular flexibility index (Phi) is 9.68. The third-order valence-electron chi connectivity index (χ3n) is 2.15. The third-order valence-corrected chi connectivity index (χ3v) is 2.37. The number of thiol groups is 1. The van der Waals surface area contributed by atoms with Crippen LogP contribution < -0.4 is 5.32 Å². The number of nitrogens with one attached hydrogen (secondary N) is 1. The summed E-state index contributed by atoms with van der Waals surface area (Å²) < 4.78 is 0. The van der Waals surface area contributed by atoms with Crippen LogP contribution in [0.15, 0.2) is 0 Å². The molecular formula is C11H21NO2S. The first kappa shape index (κ1) is 14.5. The number of carbonyl (C=O) groups excluding carboxylic acids is 2. The lowest BCUT2D eigenvalue weighted by molar-refractivity contribution is -0.121. The maximum Gasteiger partial charge on any atom is 0.220 e. The van der Waals surface area contributed by atoms with Crippen LogP contribution in [-0.2, 0) is 9.59 Å². The average molecular weight is 231 g/mol. The highest BCUT2D eigenvalue weighted by Gasteiger charge is 2.01. The largest absolute Gasteiger partial charge is 0.356 e. The molecule has 0 aromatic rings. The van der Waals surface area contributed by atoms with Crippen LogP contribution in [0.3, 0.4) is 0 Å². The summed E-state index contributed by atoms with van der Waals surface area (Å²) in [5, 5.41) is 2.69. The van der Waals surface area contributed by atoms with Crippen molar-refractivity contribution in [2.75, 3.05) is 6.54 Å². The zero-order chi connectivity index (χ0) is 11.5. The molecule has 0 bridgehead atoms. The Morgan fingerprint density at radius 2 is 1.80 bits per heavy atom. The third kappa shape index (κ3) is 11.4. The molecule has 88 valence electrons. The molecular weight excluding hydrogens is 210 g/mol. The topological polar surface area (TPSA) is 46.2 Å². The maximum absolute atomic E-state index is 11.2. The number of unbranched alkanes of at least 4 members (excludes halogenated alkanes) is 3. The SMILES string of the molecule is CCCCCCNC(=O)CCCC(=O)S. The molecule has 0 saturated heterocycles. The Morgan fingerprint density at radius 3 is 2.40 bits per heavy atom. The Balaban J connectivity index is 3.22. The highest BCUT2D eigenvalue weighted by atomic mass is 32.1. The van der Waals surface area contributed by atoms with Crippen molar-refractivity contribution in [3.63, 3.8) is 0 Å². The predicted octanol–water partition coefficient (Wildman–Crippen LogP) is 2.31. The molecule has 0 saturated carbocycles. The first-order chi connectivity index (χ1) is 7.16. The van der Waals surface area contributed by atoms with Gasteiger partial charge >= 0.3 is 0 Å². The summed E-state index contributed by atoms with van der Waals surface area (Å²) in [6.07, 6.45) is 6.06. The van der Waals surface area contributed by atoms with Gasteiger partial charge in [-0.05, 0) is 12.8 Å². The van der Waals surface area contributed by atoms with Crippen LogP contribution in [0.25, 0.3) is 0 Å². The Hall–Kier alpha value is -0.510. The van der Waals surface area contributed by atoms with E-state index in [9.17, 15) is 9.59 Å². The van der Waals surface area contributed by atoms with Crippen molar-refractivity contribution in [2.24, 2.45) is 0 Å². The fourth-order valence-electron chi connectivity index (χ4n) is 1.27. The second-order valence-electron chi connectivity index (χ2n) is 3.66. The van der Waals surface area contributed by atoms with E-state index in [4.69, 9.17) is 0 Å². The monoisotopic (exact) mass is 231 g/mol. The summed E-state index contributed by atoms with van der Waals surface area (Å²) in [5.41, 5.74) is 0. The first-order valence-electron chi connectivity index (χ1n) is 5.65. The van der Waals surface area contributed by atoms with Crippen LogP contribution in [0.1, 0.15) is 51.9 Å². The van der Waals surface area contributed by atoms with Gasteiger partial charge in [0.15, 0.2) is 5.12 Å². The molecule has 0 spiro atoms. The van der Waals surface area contributed by atoms with Gasteiger partial charge in [-0.25, -0.2) is 0 Å². The summed E-state index contributed by atoms with van der Waals surface area (Å²) in [6.45, 7) is 2.92. The quantitative estimate of drug-likeness (QED) is 0.472. The second-order valence-corrected chi connectivity index (χ2v) is 4.16. The van der Waals surface area contributed by atoms with E-state index in [0.717, 1.165) is 13.0 Å². The molecule has 0 unspecified atom stereocenters. The molecule has 15 heavy (non-hydrogen) atoms. The van der Waals surface area contributed by atoms with E-state index >= 15 is 0 Å². The normalized spacial score (nSPS) is 10.0. The Morgan fingerprint density at radius 1 is 1.07 bits per heavy atom.